The van der Waals surface area contributed by atoms with E-state index in [0.29, 0.717) is 17.5 Å². The van der Waals surface area contributed by atoms with E-state index < -0.39 is 0 Å². The molecule has 55 heavy (non-hydrogen) atoms. The zero-order chi connectivity index (χ0) is 36.3. The summed E-state index contributed by atoms with van der Waals surface area (Å²) in [6.07, 6.45) is 0. The van der Waals surface area contributed by atoms with E-state index in [2.05, 4.69) is 170 Å². The highest BCUT2D eigenvalue weighted by atomic mass is 16.3. The third kappa shape index (κ3) is 5.19. The summed E-state index contributed by atoms with van der Waals surface area (Å²) < 4.78 is 6.39. The van der Waals surface area contributed by atoms with E-state index in [1.54, 1.807) is 0 Å². The summed E-state index contributed by atoms with van der Waals surface area (Å²) in [7, 11) is 0. The van der Waals surface area contributed by atoms with Crippen LogP contribution in [-0.4, -0.2) is 15.0 Å². The first-order valence-corrected chi connectivity index (χ1v) is 18.5. The number of rotatable bonds is 5. The zero-order valence-corrected chi connectivity index (χ0v) is 29.6. The van der Waals surface area contributed by atoms with Gasteiger partial charge in [-0.25, -0.2) is 15.0 Å². The van der Waals surface area contributed by atoms with Crippen LogP contribution >= 0.6 is 0 Å². The first kappa shape index (κ1) is 31.1. The van der Waals surface area contributed by atoms with E-state index in [-0.39, 0.29) is 0 Å². The molecule has 0 atom stereocenters. The van der Waals surface area contributed by atoms with E-state index in [1.165, 1.54) is 16.2 Å². The van der Waals surface area contributed by atoms with Crippen LogP contribution in [0.3, 0.4) is 0 Å². The second-order valence-corrected chi connectivity index (χ2v) is 13.9. The fourth-order valence-corrected chi connectivity index (χ4v) is 8.12. The van der Waals surface area contributed by atoms with Gasteiger partial charge in [-0.3, -0.25) is 0 Å². The second-order valence-electron chi connectivity index (χ2n) is 13.9. The Kier molecular flexibility index (Phi) is 7.14. The summed E-state index contributed by atoms with van der Waals surface area (Å²) >= 11 is 0. The fourth-order valence-electron chi connectivity index (χ4n) is 8.12. The van der Waals surface area contributed by atoms with Gasteiger partial charge in [0.1, 0.15) is 11.2 Å². The first-order valence-electron chi connectivity index (χ1n) is 18.5. The smallest absolute Gasteiger partial charge is 0.165 e. The maximum atomic E-state index is 6.39. The standard InChI is InChI=1S/C51H31N3O/c1-2-13-32(14-3-1)37-17-8-9-21-44(37)50-52-49(35-27-25-34(26-28-35)40-22-12-23-43-41-20-10-11-24-46(41)55-48(40)43)53-51(54-50)47-39-19-7-5-16-36(39)31-45-38-18-6-4-15-33(38)29-30-42(45)47/h1-31H. The third-order valence-electron chi connectivity index (χ3n) is 10.7. The van der Waals surface area contributed by atoms with Gasteiger partial charge < -0.3 is 4.42 Å². The Balaban J connectivity index is 1.14. The van der Waals surface area contributed by atoms with Crippen molar-refractivity contribution < 1.29 is 4.42 Å². The largest absolute Gasteiger partial charge is 0.455 e. The van der Waals surface area contributed by atoms with Crippen LogP contribution in [0, 0.1) is 0 Å². The molecule has 2 aromatic heterocycles. The van der Waals surface area contributed by atoms with Crippen molar-refractivity contribution in [2.24, 2.45) is 0 Å². The molecule has 0 unspecified atom stereocenters. The van der Waals surface area contributed by atoms with Crippen LogP contribution in [0.4, 0.5) is 0 Å². The Hall–Kier alpha value is -7.43. The molecule has 0 amide bonds. The lowest BCUT2D eigenvalue weighted by Crippen LogP contribution is -2.02. The number of para-hydroxylation sites is 2. The molecule has 0 bridgehead atoms. The van der Waals surface area contributed by atoms with E-state index >= 15 is 0 Å². The van der Waals surface area contributed by atoms with Gasteiger partial charge in [0.25, 0.3) is 0 Å². The fraction of sp³-hybridized carbons (Fsp3) is 0. The van der Waals surface area contributed by atoms with Crippen molar-refractivity contribution in [2.45, 2.75) is 0 Å². The SMILES string of the molecule is c1ccc(-c2ccccc2-c2nc(-c3ccc(-c4cccc5c4oc4ccccc45)cc3)nc(-c3c4ccccc4cc4c3ccc3ccccc34)n2)cc1. The average molecular weight is 702 g/mol. The Morgan fingerprint density at radius 3 is 1.76 bits per heavy atom. The molecular weight excluding hydrogens is 671 g/mol. The zero-order valence-electron chi connectivity index (χ0n) is 29.6. The Morgan fingerprint density at radius 2 is 0.909 bits per heavy atom. The molecule has 256 valence electrons. The van der Waals surface area contributed by atoms with E-state index in [0.717, 1.165) is 77.0 Å². The highest BCUT2D eigenvalue weighted by Crippen LogP contribution is 2.41. The van der Waals surface area contributed by atoms with Crippen molar-refractivity contribution in [2.75, 3.05) is 0 Å². The van der Waals surface area contributed by atoms with Crippen LogP contribution in [-0.2, 0) is 0 Å². The van der Waals surface area contributed by atoms with Crippen molar-refractivity contribution >= 4 is 54.3 Å². The number of furan rings is 1. The molecule has 0 spiro atoms. The van der Waals surface area contributed by atoms with E-state index in [4.69, 9.17) is 19.4 Å². The minimum atomic E-state index is 0.609. The molecule has 4 nitrogen and oxygen atoms in total. The topological polar surface area (TPSA) is 51.8 Å². The minimum absolute atomic E-state index is 0.609. The van der Waals surface area contributed by atoms with Gasteiger partial charge in [0, 0.05) is 33.0 Å². The van der Waals surface area contributed by atoms with Crippen LogP contribution < -0.4 is 0 Å². The number of nitrogens with zero attached hydrogens (tertiary/aromatic N) is 3. The maximum Gasteiger partial charge on any atom is 0.165 e. The maximum absolute atomic E-state index is 6.39. The minimum Gasteiger partial charge on any atom is -0.455 e. The summed E-state index contributed by atoms with van der Waals surface area (Å²) in [5.74, 6) is 1.87. The molecule has 2 heterocycles. The molecule has 0 saturated heterocycles. The van der Waals surface area contributed by atoms with Crippen molar-refractivity contribution in [3.8, 4) is 56.4 Å². The summed E-state index contributed by atoms with van der Waals surface area (Å²) in [6, 6.07) is 65.6. The van der Waals surface area contributed by atoms with Gasteiger partial charge in [-0.1, -0.05) is 176 Å². The number of hydrogen-bond donors (Lipinski definition) is 0. The van der Waals surface area contributed by atoms with E-state index in [1.807, 2.05) is 18.2 Å². The molecule has 11 aromatic rings. The van der Waals surface area contributed by atoms with Gasteiger partial charge in [0.05, 0.1) is 0 Å². The molecule has 0 aliphatic heterocycles. The van der Waals surface area contributed by atoms with Crippen LogP contribution in [0.5, 0.6) is 0 Å². The first-order chi connectivity index (χ1) is 27.3. The highest BCUT2D eigenvalue weighted by molar-refractivity contribution is 6.19. The molecule has 4 heteroatoms. The van der Waals surface area contributed by atoms with Crippen molar-refractivity contribution in [1.82, 2.24) is 15.0 Å². The molecule has 0 N–H and O–H groups in total. The van der Waals surface area contributed by atoms with Crippen molar-refractivity contribution in [1.29, 1.82) is 0 Å². The quantitative estimate of drug-likeness (QED) is 0.132. The van der Waals surface area contributed by atoms with Crippen LogP contribution in [0.1, 0.15) is 0 Å². The Bertz CT molecular complexity index is 3260. The Morgan fingerprint density at radius 1 is 0.309 bits per heavy atom. The van der Waals surface area contributed by atoms with Gasteiger partial charge in [0.2, 0.25) is 0 Å². The normalized spacial score (nSPS) is 11.6. The lowest BCUT2D eigenvalue weighted by atomic mass is 9.93. The molecule has 0 aliphatic carbocycles. The molecule has 11 rings (SSSR count). The number of benzene rings is 9. The van der Waals surface area contributed by atoms with Crippen LogP contribution in [0.2, 0.25) is 0 Å². The second kappa shape index (κ2) is 12.6. The molecular formula is C51H31N3O. The summed E-state index contributed by atoms with van der Waals surface area (Å²) in [6.45, 7) is 0. The number of aromatic nitrogens is 3. The van der Waals surface area contributed by atoms with Crippen molar-refractivity contribution in [3.63, 3.8) is 0 Å². The van der Waals surface area contributed by atoms with Gasteiger partial charge in [-0.2, -0.15) is 0 Å². The summed E-state index contributed by atoms with van der Waals surface area (Å²) in [5.41, 5.74) is 8.88. The number of hydrogen-bond acceptors (Lipinski definition) is 4. The molecule has 0 radical (unpaired) electrons. The van der Waals surface area contributed by atoms with E-state index in [9.17, 15) is 0 Å². The summed E-state index contributed by atoms with van der Waals surface area (Å²) in [5, 5.41) is 9.13. The predicted molar refractivity (Wildman–Crippen MR) is 227 cm³/mol. The van der Waals surface area contributed by atoms with Gasteiger partial charge in [0.15, 0.2) is 17.5 Å². The average Bonchev–Trinajstić information content (AvgIpc) is 3.65. The van der Waals surface area contributed by atoms with Crippen LogP contribution in [0.25, 0.3) is 111 Å². The summed E-state index contributed by atoms with van der Waals surface area (Å²) in [4.78, 5) is 15.9. The monoisotopic (exact) mass is 701 g/mol. The van der Waals surface area contributed by atoms with Gasteiger partial charge in [-0.05, 0) is 61.1 Å². The third-order valence-corrected chi connectivity index (χ3v) is 10.7. The number of fused-ring (bicyclic) bond motifs is 7. The Labute approximate surface area is 317 Å². The molecule has 0 fully saturated rings. The van der Waals surface area contributed by atoms with Crippen LogP contribution in [0.15, 0.2) is 192 Å². The van der Waals surface area contributed by atoms with Gasteiger partial charge >= 0.3 is 0 Å². The molecule has 0 aliphatic rings. The lowest BCUT2D eigenvalue weighted by molar-refractivity contribution is 0.670. The molecule has 9 aromatic carbocycles. The lowest BCUT2D eigenvalue weighted by Gasteiger charge is -2.15. The van der Waals surface area contributed by atoms with Crippen molar-refractivity contribution in [3.05, 3.63) is 188 Å². The predicted octanol–water partition coefficient (Wildman–Crippen LogP) is 13.6. The molecule has 0 saturated carbocycles. The highest BCUT2D eigenvalue weighted by Gasteiger charge is 2.20. The van der Waals surface area contributed by atoms with Gasteiger partial charge in [-0.15, -0.1) is 0 Å².